The average molecular weight is 378 g/mol. The van der Waals surface area contributed by atoms with Gasteiger partial charge in [-0.1, -0.05) is 18.2 Å². The second-order valence-electron chi connectivity index (χ2n) is 7.18. The Hall–Kier alpha value is -2.70. The van der Waals surface area contributed by atoms with Crippen LogP contribution in [0, 0.1) is 0 Å². The molecular formula is C22H26N4O2. The fourth-order valence-electron chi connectivity index (χ4n) is 3.70. The summed E-state index contributed by atoms with van der Waals surface area (Å²) in [6.45, 7) is 5.46. The summed E-state index contributed by atoms with van der Waals surface area (Å²) in [5.41, 5.74) is 2.93. The van der Waals surface area contributed by atoms with Crippen LogP contribution in [0.1, 0.15) is 16.1 Å². The van der Waals surface area contributed by atoms with E-state index in [1.807, 2.05) is 29.2 Å². The Labute approximate surface area is 165 Å². The summed E-state index contributed by atoms with van der Waals surface area (Å²) in [6.07, 6.45) is 3.34. The second kappa shape index (κ2) is 8.54. The first kappa shape index (κ1) is 18.7. The van der Waals surface area contributed by atoms with Crippen molar-refractivity contribution in [1.29, 1.82) is 0 Å². The molecule has 0 unspecified atom stereocenters. The molecule has 0 atom stereocenters. The molecule has 0 saturated carbocycles. The standard InChI is InChI=1S/C22H26N4O2/c1-24-20(15-18-5-2-3-7-21(18)24)17-26(10-9-25-11-13-28-14-12-25)22(27)19-6-4-8-23-16-19/h2-8,15-16H,9-14,17H2,1H3. The first-order valence-corrected chi connectivity index (χ1v) is 9.75. The van der Waals surface area contributed by atoms with E-state index in [9.17, 15) is 4.79 Å². The van der Waals surface area contributed by atoms with Gasteiger partial charge in [0.15, 0.2) is 0 Å². The van der Waals surface area contributed by atoms with Crippen LogP contribution in [-0.2, 0) is 18.3 Å². The molecule has 0 N–H and O–H groups in total. The number of carbonyl (C=O) groups excluding carboxylic acids is 1. The lowest BCUT2D eigenvalue weighted by Gasteiger charge is -2.30. The van der Waals surface area contributed by atoms with Gasteiger partial charge in [0, 0.05) is 56.8 Å². The molecule has 1 amide bonds. The van der Waals surface area contributed by atoms with E-state index in [0.29, 0.717) is 18.7 Å². The molecule has 6 nitrogen and oxygen atoms in total. The van der Waals surface area contributed by atoms with Crippen LogP contribution in [0.5, 0.6) is 0 Å². The average Bonchev–Trinajstić information content (AvgIpc) is 3.07. The number of morpholine rings is 1. The highest BCUT2D eigenvalue weighted by Crippen LogP contribution is 2.20. The number of amides is 1. The molecule has 3 aromatic rings. The molecule has 6 heteroatoms. The van der Waals surface area contributed by atoms with E-state index >= 15 is 0 Å². The first-order chi connectivity index (χ1) is 13.7. The largest absolute Gasteiger partial charge is 0.379 e. The lowest BCUT2D eigenvalue weighted by atomic mass is 10.2. The predicted octanol–water partition coefficient (Wildman–Crippen LogP) is 2.55. The minimum Gasteiger partial charge on any atom is -0.379 e. The fraction of sp³-hybridized carbons (Fsp3) is 0.364. The minimum atomic E-state index is 0.0200. The number of carbonyl (C=O) groups is 1. The molecule has 0 bridgehead atoms. The Morgan fingerprint density at radius 1 is 1.18 bits per heavy atom. The molecule has 28 heavy (non-hydrogen) atoms. The molecule has 4 rings (SSSR count). The number of ether oxygens (including phenoxy) is 1. The lowest BCUT2D eigenvalue weighted by Crippen LogP contribution is -2.43. The van der Waals surface area contributed by atoms with Crippen LogP contribution in [0.4, 0.5) is 0 Å². The Balaban J connectivity index is 1.56. The molecule has 146 valence electrons. The monoisotopic (exact) mass is 378 g/mol. The zero-order chi connectivity index (χ0) is 19.3. The number of nitrogens with zero attached hydrogens (tertiary/aromatic N) is 4. The summed E-state index contributed by atoms with van der Waals surface area (Å²) < 4.78 is 7.61. The van der Waals surface area contributed by atoms with Crippen molar-refractivity contribution < 1.29 is 9.53 Å². The van der Waals surface area contributed by atoms with Gasteiger partial charge in [-0.2, -0.15) is 0 Å². The number of para-hydroxylation sites is 1. The Kier molecular flexibility index (Phi) is 5.69. The van der Waals surface area contributed by atoms with Crippen LogP contribution >= 0.6 is 0 Å². The Morgan fingerprint density at radius 2 is 2.00 bits per heavy atom. The number of hydrogen-bond acceptors (Lipinski definition) is 4. The maximum atomic E-state index is 13.2. The highest BCUT2D eigenvalue weighted by atomic mass is 16.5. The van der Waals surface area contributed by atoms with Gasteiger partial charge in [0.2, 0.25) is 0 Å². The van der Waals surface area contributed by atoms with E-state index in [-0.39, 0.29) is 5.91 Å². The zero-order valence-corrected chi connectivity index (χ0v) is 16.3. The number of benzene rings is 1. The Morgan fingerprint density at radius 3 is 2.75 bits per heavy atom. The maximum Gasteiger partial charge on any atom is 0.255 e. The number of aromatic nitrogens is 2. The third-order valence-electron chi connectivity index (χ3n) is 5.39. The van der Waals surface area contributed by atoms with Gasteiger partial charge in [-0.25, -0.2) is 0 Å². The SMILES string of the molecule is Cn1c(CN(CCN2CCOCC2)C(=O)c2cccnc2)cc2ccccc21. The molecule has 1 aliphatic heterocycles. The van der Waals surface area contributed by atoms with Gasteiger partial charge in [0.25, 0.3) is 5.91 Å². The van der Waals surface area contributed by atoms with E-state index in [0.717, 1.165) is 38.5 Å². The van der Waals surface area contributed by atoms with Crippen LogP contribution in [0.25, 0.3) is 10.9 Å². The van der Waals surface area contributed by atoms with Crippen LogP contribution in [-0.4, -0.2) is 64.7 Å². The molecule has 3 heterocycles. The van der Waals surface area contributed by atoms with Gasteiger partial charge in [-0.05, 0) is 29.7 Å². The summed E-state index contributed by atoms with van der Waals surface area (Å²) in [7, 11) is 2.06. The van der Waals surface area contributed by atoms with E-state index in [1.165, 1.54) is 10.9 Å². The van der Waals surface area contributed by atoms with E-state index in [4.69, 9.17) is 4.74 Å². The second-order valence-corrected chi connectivity index (χ2v) is 7.18. The molecule has 1 aromatic carbocycles. The van der Waals surface area contributed by atoms with Crippen LogP contribution < -0.4 is 0 Å². The smallest absolute Gasteiger partial charge is 0.255 e. The summed E-state index contributed by atoms with van der Waals surface area (Å²) in [4.78, 5) is 21.6. The van der Waals surface area contributed by atoms with Crippen molar-refractivity contribution in [2.75, 3.05) is 39.4 Å². The van der Waals surface area contributed by atoms with Gasteiger partial charge in [0.1, 0.15) is 0 Å². The summed E-state index contributed by atoms with van der Waals surface area (Å²) >= 11 is 0. The normalized spacial score (nSPS) is 15.0. The van der Waals surface area contributed by atoms with Crippen molar-refractivity contribution in [1.82, 2.24) is 19.4 Å². The summed E-state index contributed by atoms with van der Waals surface area (Å²) in [5.74, 6) is 0.0200. The third-order valence-corrected chi connectivity index (χ3v) is 5.39. The maximum absolute atomic E-state index is 13.2. The number of fused-ring (bicyclic) bond motifs is 1. The minimum absolute atomic E-state index is 0.0200. The molecular weight excluding hydrogens is 352 g/mol. The molecule has 1 fully saturated rings. The van der Waals surface area contributed by atoms with E-state index in [1.54, 1.807) is 12.4 Å². The number of pyridine rings is 1. The van der Waals surface area contributed by atoms with Crippen molar-refractivity contribution >= 4 is 16.8 Å². The van der Waals surface area contributed by atoms with Crippen LogP contribution in [0.15, 0.2) is 54.9 Å². The zero-order valence-electron chi connectivity index (χ0n) is 16.3. The molecule has 0 aliphatic carbocycles. The van der Waals surface area contributed by atoms with Crippen LogP contribution in [0.2, 0.25) is 0 Å². The lowest BCUT2D eigenvalue weighted by molar-refractivity contribution is 0.0319. The number of aryl methyl sites for hydroxylation is 1. The first-order valence-electron chi connectivity index (χ1n) is 9.75. The van der Waals surface area contributed by atoms with Crippen molar-refractivity contribution in [2.45, 2.75) is 6.54 Å². The molecule has 0 radical (unpaired) electrons. The van der Waals surface area contributed by atoms with Crippen molar-refractivity contribution in [3.8, 4) is 0 Å². The van der Waals surface area contributed by atoms with E-state index < -0.39 is 0 Å². The van der Waals surface area contributed by atoms with Gasteiger partial charge in [-0.15, -0.1) is 0 Å². The quantitative estimate of drug-likeness (QED) is 0.662. The molecule has 0 spiro atoms. The predicted molar refractivity (Wildman–Crippen MR) is 109 cm³/mol. The highest BCUT2D eigenvalue weighted by molar-refractivity contribution is 5.94. The van der Waals surface area contributed by atoms with Gasteiger partial charge < -0.3 is 14.2 Å². The number of hydrogen-bond donors (Lipinski definition) is 0. The van der Waals surface area contributed by atoms with Gasteiger partial charge in [0.05, 0.1) is 25.3 Å². The molecule has 2 aromatic heterocycles. The summed E-state index contributed by atoms with van der Waals surface area (Å²) in [5, 5.41) is 1.20. The van der Waals surface area contributed by atoms with Crippen molar-refractivity contribution in [2.24, 2.45) is 7.05 Å². The fourth-order valence-corrected chi connectivity index (χ4v) is 3.70. The van der Waals surface area contributed by atoms with Gasteiger partial charge in [-0.3, -0.25) is 14.7 Å². The number of rotatable bonds is 6. The van der Waals surface area contributed by atoms with Crippen molar-refractivity contribution in [3.05, 3.63) is 66.1 Å². The molecule has 1 saturated heterocycles. The molecule has 1 aliphatic rings. The topological polar surface area (TPSA) is 50.6 Å². The third kappa shape index (κ3) is 4.08. The highest BCUT2D eigenvalue weighted by Gasteiger charge is 2.20. The van der Waals surface area contributed by atoms with Crippen LogP contribution in [0.3, 0.4) is 0 Å². The Bertz CT molecular complexity index is 932. The summed E-state index contributed by atoms with van der Waals surface area (Å²) in [6, 6.07) is 14.1. The van der Waals surface area contributed by atoms with E-state index in [2.05, 4.69) is 39.7 Å². The van der Waals surface area contributed by atoms with Crippen molar-refractivity contribution in [3.63, 3.8) is 0 Å². The van der Waals surface area contributed by atoms with Gasteiger partial charge >= 0.3 is 0 Å².